The second-order valence-electron chi connectivity index (χ2n) is 7.42. The molecule has 1 saturated heterocycles. The zero-order valence-electron chi connectivity index (χ0n) is 17.9. The number of anilines is 1. The molecule has 1 atom stereocenters. The average Bonchev–Trinajstić information content (AvgIpc) is 3.08. The van der Waals surface area contributed by atoms with Crippen molar-refractivity contribution in [2.24, 2.45) is 0 Å². The smallest absolute Gasteiger partial charge is 0.300 e. The normalized spacial score (nSPS) is 17.5. The zero-order valence-corrected chi connectivity index (χ0v) is 19.4. The summed E-state index contributed by atoms with van der Waals surface area (Å²) in [4.78, 5) is 32.0. The van der Waals surface area contributed by atoms with E-state index in [-0.39, 0.29) is 11.3 Å². The molecule has 8 heteroatoms. The molecular formula is C25H20Cl2N2O4. The molecule has 1 N–H and O–H groups in total. The Labute approximate surface area is 201 Å². The highest BCUT2D eigenvalue weighted by Crippen LogP contribution is 2.44. The Balaban J connectivity index is 1.95. The summed E-state index contributed by atoms with van der Waals surface area (Å²) < 4.78 is 5.52. The summed E-state index contributed by atoms with van der Waals surface area (Å²) in [6.07, 6.45) is 3.15. The molecular weight excluding hydrogens is 463 g/mol. The van der Waals surface area contributed by atoms with Crippen LogP contribution in [0.3, 0.4) is 0 Å². The Bertz CT molecular complexity index is 1270. The molecule has 0 saturated carbocycles. The van der Waals surface area contributed by atoms with Crippen LogP contribution in [0.4, 0.5) is 5.69 Å². The molecule has 4 rings (SSSR count). The molecule has 0 radical (unpaired) electrons. The molecule has 1 aliphatic heterocycles. The van der Waals surface area contributed by atoms with Crippen molar-refractivity contribution in [2.75, 3.05) is 11.5 Å². The first-order chi connectivity index (χ1) is 15.8. The molecule has 0 bridgehead atoms. The molecule has 1 aromatic heterocycles. The topological polar surface area (TPSA) is 79.7 Å². The van der Waals surface area contributed by atoms with Gasteiger partial charge in [0.05, 0.1) is 23.2 Å². The summed E-state index contributed by atoms with van der Waals surface area (Å²) in [6.45, 7) is 3.95. The third-order valence-corrected chi connectivity index (χ3v) is 6.17. The van der Waals surface area contributed by atoms with E-state index in [0.29, 0.717) is 44.8 Å². The second kappa shape index (κ2) is 9.25. The lowest BCUT2D eigenvalue weighted by Crippen LogP contribution is -2.30. The Morgan fingerprint density at radius 1 is 1.12 bits per heavy atom. The van der Waals surface area contributed by atoms with E-state index in [2.05, 4.69) is 4.98 Å². The van der Waals surface area contributed by atoms with Crippen molar-refractivity contribution in [3.8, 4) is 5.75 Å². The van der Waals surface area contributed by atoms with Crippen LogP contribution in [0.1, 0.15) is 29.7 Å². The zero-order chi connectivity index (χ0) is 23.7. The summed E-state index contributed by atoms with van der Waals surface area (Å²) in [5.74, 6) is -1.55. The highest BCUT2D eigenvalue weighted by molar-refractivity contribution is 6.52. The van der Waals surface area contributed by atoms with E-state index in [1.165, 1.54) is 4.90 Å². The minimum Gasteiger partial charge on any atom is -0.507 e. The van der Waals surface area contributed by atoms with Crippen molar-refractivity contribution in [2.45, 2.75) is 19.9 Å². The van der Waals surface area contributed by atoms with Crippen molar-refractivity contribution >= 4 is 46.3 Å². The van der Waals surface area contributed by atoms with Crippen LogP contribution in [-0.4, -0.2) is 28.4 Å². The molecule has 0 spiro atoms. The predicted molar refractivity (Wildman–Crippen MR) is 128 cm³/mol. The first-order valence-corrected chi connectivity index (χ1v) is 11.0. The lowest BCUT2D eigenvalue weighted by atomic mass is 9.96. The number of hydrogen-bond donors (Lipinski definition) is 1. The van der Waals surface area contributed by atoms with Crippen molar-refractivity contribution in [3.05, 3.63) is 93.2 Å². The number of aromatic nitrogens is 1. The number of benzene rings is 2. The third kappa shape index (κ3) is 4.08. The molecule has 2 heterocycles. The van der Waals surface area contributed by atoms with Gasteiger partial charge in [0.25, 0.3) is 11.7 Å². The molecule has 3 aromatic rings. The highest BCUT2D eigenvalue weighted by Gasteiger charge is 2.47. The van der Waals surface area contributed by atoms with Gasteiger partial charge in [0.1, 0.15) is 11.5 Å². The van der Waals surface area contributed by atoms with Crippen LogP contribution >= 0.6 is 23.2 Å². The van der Waals surface area contributed by atoms with E-state index < -0.39 is 17.7 Å². The number of nitrogens with zero attached hydrogens (tertiary/aromatic N) is 2. The Morgan fingerprint density at radius 2 is 1.91 bits per heavy atom. The number of rotatable bonds is 5. The van der Waals surface area contributed by atoms with E-state index in [0.717, 1.165) is 0 Å². The number of ether oxygens (including phenoxy) is 1. The maximum Gasteiger partial charge on any atom is 0.300 e. The third-order valence-electron chi connectivity index (χ3n) is 5.45. The first kappa shape index (κ1) is 22.8. The van der Waals surface area contributed by atoms with Gasteiger partial charge in [-0.15, -0.1) is 0 Å². The number of aliphatic hydroxyl groups is 1. The van der Waals surface area contributed by atoms with Gasteiger partial charge in [0, 0.05) is 28.7 Å². The first-order valence-electron chi connectivity index (χ1n) is 10.2. The fraction of sp³-hybridized carbons (Fsp3) is 0.160. The van der Waals surface area contributed by atoms with Crippen LogP contribution < -0.4 is 9.64 Å². The van der Waals surface area contributed by atoms with Gasteiger partial charge in [-0.05, 0) is 61.4 Å². The quantitative estimate of drug-likeness (QED) is 0.285. The maximum atomic E-state index is 13.2. The van der Waals surface area contributed by atoms with E-state index >= 15 is 0 Å². The number of carbonyl (C=O) groups is 2. The Hall–Kier alpha value is -3.35. The van der Waals surface area contributed by atoms with Gasteiger partial charge in [-0.1, -0.05) is 35.3 Å². The van der Waals surface area contributed by atoms with Crippen molar-refractivity contribution in [1.82, 2.24) is 4.98 Å². The number of aliphatic hydroxyl groups excluding tert-OH is 1. The molecule has 0 aliphatic carbocycles. The van der Waals surface area contributed by atoms with Crippen LogP contribution in [0.25, 0.3) is 5.76 Å². The average molecular weight is 483 g/mol. The lowest BCUT2D eigenvalue weighted by molar-refractivity contribution is -0.132. The van der Waals surface area contributed by atoms with Gasteiger partial charge < -0.3 is 9.84 Å². The molecule has 1 aliphatic rings. The summed E-state index contributed by atoms with van der Waals surface area (Å²) in [6, 6.07) is 12.4. The van der Waals surface area contributed by atoms with Gasteiger partial charge in [-0.3, -0.25) is 19.5 Å². The molecule has 1 fully saturated rings. The van der Waals surface area contributed by atoms with Crippen LogP contribution in [0.5, 0.6) is 5.75 Å². The van der Waals surface area contributed by atoms with Gasteiger partial charge in [-0.2, -0.15) is 0 Å². The van der Waals surface area contributed by atoms with Crippen LogP contribution in [0.2, 0.25) is 10.0 Å². The van der Waals surface area contributed by atoms with Gasteiger partial charge in [-0.25, -0.2) is 0 Å². The number of Topliss-reactive ketones (excluding diaryl/α,β-unsaturated/α-hetero) is 1. The largest absolute Gasteiger partial charge is 0.507 e. The SMILES string of the molecule is CCOc1cc(/C(O)=C2\C(=O)C(=O)N(c3cccc(Cl)c3C)C2c2cccnc2)ccc1Cl. The molecule has 33 heavy (non-hydrogen) atoms. The van der Waals surface area contributed by atoms with Crippen LogP contribution in [0.15, 0.2) is 66.5 Å². The van der Waals surface area contributed by atoms with Crippen molar-refractivity contribution < 1.29 is 19.4 Å². The van der Waals surface area contributed by atoms with E-state index in [9.17, 15) is 14.7 Å². The van der Waals surface area contributed by atoms with Gasteiger partial charge >= 0.3 is 0 Å². The standard InChI is InChI=1S/C25H20Cl2N2O4/c1-3-33-20-12-15(9-10-18(20)27)23(30)21-22(16-6-5-11-28-13-16)29(25(32)24(21)31)19-8-4-7-17(26)14(19)2/h4-13,22,30H,3H2,1-2H3/b23-21+. The lowest BCUT2D eigenvalue weighted by Gasteiger charge is -2.26. The molecule has 1 amide bonds. The number of ketones is 1. The summed E-state index contributed by atoms with van der Waals surface area (Å²) >= 11 is 12.5. The van der Waals surface area contributed by atoms with E-state index in [1.54, 1.807) is 67.8 Å². The predicted octanol–water partition coefficient (Wildman–Crippen LogP) is 5.72. The number of carbonyl (C=O) groups excluding carboxylic acids is 2. The van der Waals surface area contributed by atoms with E-state index in [4.69, 9.17) is 27.9 Å². The molecule has 168 valence electrons. The summed E-state index contributed by atoms with van der Waals surface area (Å²) in [5, 5.41) is 12.1. The van der Waals surface area contributed by atoms with Crippen molar-refractivity contribution in [1.29, 1.82) is 0 Å². The minimum absolute atomic E-state index is 0.0582. The monoisotopic (exact) mass is 482 g/mol. The number of amides is 1. The van der Waals surface area contributed by atoms with Crippen LogP contribution in [-0.2, 0) is 9.59 Å². The van der Waals surface area contributed by atoms with Crippen molar-refractivity contribution in [3.63, 3.8) is 0 Å². The van der Waals surface area contributed by atoms with Crippen LogP contribution in [0, 0.1) is 6.92 Å². The highest BCUT2D eigenvalue weighted by atomic mass is 35.5. The van der Waals surface area contributed by atoms with Gasteiger partial charge in [0.2, 0.25) is 0 Å². The summed E-state index contributed by atoms with van der Waals surface area (Å²) in [7, 11) is 0. The maximum absolute atomic E-state index is 13.2. The molecule has 2 aromatic carbocycles. The number of halogens is 2. The fourth-order valence-electron chi connectivity index (χ4n) is 3.86. The fourth-order valence-corrected chi connectivity index (χ4v) is 4.21. The van der Waals surface area contributed by atoms with Gasteiger partial charge in [0.15, 0.2) is 0 Å². The van der Waals surface area contributed by atoms with E-state index in [1.807, 2.05) is 6.92 Å². The Morgan fingerprint density at radius 3 is 2.61 bits per heavy atom. The Kier molecular flexibility index (Phi) is 6.40. The molecule has 1 unspecified atom stereocenters. The minimum atomic E-state index is -0.901. The molecule has 6 nitrogen and oxygen atoms in total. The number of hydrogen-bond acceptors (Lipinski definition) is 5. The number of pyridine rings is 1. The summed E-state index contributed by atoms with van der Waals surface area (Å²) in [5.41, 5.74) is 1.93. The second-order valence-corrected chi connectivity index (χ2v) is 8.23.